The fourth-order valence-corrected chi connectivity index (χ4v) is 2.25. The monoisotopic (exact) mass is 184 g/mol. The first-order valence-corrected chi connectivity index (χ1v) is 5.27. The lowest BCUT2D eigenvalue weighted by molar-refractivity contribution is 0.457. The summed E-state index contributed by atoms with van der Waals surface area (Å²) in [6, 6.07) is 0.451. The summed E-state index contributed by atoms with van der Waals surface area (Å²) >= 11 is 0. The topological polar surface area (TPSA) is 38.0 Å². The van der Waals surface area contributed by atoms with Crippen LogP contribution in [0.5, 0.6) is 0 Å². The van der Waals surface area contributed by atoms with Crippen LogP contribution in [0.1, 0.15) is 34.6 Å². The minimum atomic E-state index is 0.451. The van der Waals surface area contributed by atoms with Crippen molar-refractivity contribution < 1.29 is 0 Å². The van der Waals surface area contributed by atoms with E-state index in [0.29, 0.717) is 16.9 Å². The van der Waals surface area contributed by atoms with Crippen molar-refractivity contribution in [3.63, 3.8) is 0 Å². The third-order valence-electron chi connectivity index (χ3n) is 4.34. The maximum atomic E-state index is 5.55. The van der Waals surface area contributed by atoms with Gasteiger partial charge in [0, 0.05) is 12.6 Å². The van der Waals surface area contributed by atoms with Gasteiger partial charge in [-0.25, -0.2) is 0 Å². The Labute approximate surface area is 82.3 Å². The van der Waals surface area contributed by atoms with Crippen LogP contribution in [-0.4, -0.2) is 19.1 Å². The average Bonchev–Trinajstić information content (AvgIpc) is 2.40. The Hall–Kier alpha value is -0.0800. The fourth-order valence-electron chi connectivity index (χ4n) is 2.25. The third kappa shape index (κ3) is 1.75. The molecule has 1 rings (SSSR count). The molecule has 0 aromatic carbocycles. The van der Waals surface area contributed by atoms with Crippen LogP contribution in [0.25, 0.3) is 0 Å². The molecule has 3 N–H and O–H groups in total. The largest absolute Gasteiger partial charge is 0.329 e. The van der Waals surface area contributed by atoms with Gasteiger partial charge in [0.05, 0.1) is 0 Å². The molecule has 1 saturated carbocycles. The first-order valence-electron chi connectivity index (χ1n) is 5.27. The highest BCUT2D eigenvalue weighted by Crippen LogP contribution is 2.67. The van der Waals surface area contributed by atoms with Crippen LogP contribution in [0.4, 0.5) is 0 Å². The van der Waals surface area contributed by atoms with E-state index in [2.05, 4.69) is 39.9 Å². The highest BCUT2D eigenvalue weighted by Gasteiger charge is 2.63. The zero-order valence-electron chi connectivity index (χ0n) is 9.65. The van der Waals surface area contributed by atoms with Crippen molar-refractivity contribution in [2.24, 2.45) is 22.5 Å². The van der Waals surface area contributed by atoms with E-state index in [4.69, 9.17) is 5.73 Å². The van der Waals surface area contributed by atoms with Crippen molar-refractivity contribution >= 4 is 0 Å². The average molecular weight is 184 g/mol. The van der Waals surface area contributed by atoms with Crippen LogP contribution in [-0.2, 0) is 0 Å². The number of hydrogen-bond acceptors (Lipinski definition) is 2. The normalized spacial score (nSPS) is 27.2. The summed E-state index contributed by atoms with van der Waals surface area (Å²) in [6.45, 7) is 13.4. The molecule has 1 aliphatic rings. The molecule has 2 heteroatoms. The summed E-state index contributed by atoms with van der Waals surface area (Å²) in [6.07, 6.45) is 0. The molecule has 78 valence electrons. The van der Waals surface area contributed by atoms with Crippen molar-refractivity contribution in [1.29, 1.82) is 0 Å². The van der Waals surface area contributed by atoms with Gasteiger partial charge in [0.2, 0.25) is 0 Å². The summed E-state index contributed by atoms with van der Waals surface area (Å²) in [5.41, 5.74) is 6.54. The maximum Gasteiger partial charge on any atom is 0.0162 e. The van der Waals surface area contributed by atoms with Gasteiger partial charge >= 0.3 is 0 Å². The second kappa shape index (κ2) is 3.25. The molecule has 0 heterocycles. The van der Waals surface area contributed by atoms with E-state index >= 15 is 0 Å². The van der Waals surface area contributed by atoms with Crippen molar-refractivity contribution in [1.82, 2.24) is 5.32 Å². The molecule has 1 aliphatic carbocycles. The molecule has 0 amide bonds. The third-order valence-corrected chi connectivity index (χ3v) is 4.34. The minimum absolute atomic E-state index is 0.451. The van der Waals surface area contributed by atoms with Gasteiger partial charge in [0.25, 0.3) is 0 Å². The molecule has 13 heavy (non-hydrogen) atoms. The Morgan fingerprint density at radius 2 is 1.69 bits per heavy atom. The molecular weight excluding hydrogens is 160 g/mol. The van der Waals surface area contributed by atoms with E-state index < -0.39 is 0 Å². The van der Waals surface area contributed by atoms with Crippen LogP contribution in [0, 0.1) is 16.7 Å². The van der Waals surface area contributed by atoms with E-state index in [0.717, 1.165) is 19.0 Å². The zero-order chi connectivity index (χ0) is 10.3. The van der Waals surface area contributed by atoms with E-state index in [9.17, 15) is 0 Å². The Morgan fingerprint density at radius 1 is 1.23 bits per heavy atom. The molecule has 2 nitrogen and oxygen atoms in total. The van der Waals surface area contributed by atoms with E-state index in [1.807, 2.05) is 0 Å². The molecule has 0 aromatic rings. The number of nitrogens with two attached hydrogens (primary N) is 1. The van der Waals surface area contributed by atoms with Crippen LogP contribution in [0.15, 0.2) is 0 Å². The lowest BCUT2D eigenvalue weighted by Crippen LogP contribution is -2.35. The molecular formula is C11H24N2. The fraction of sp³-hybridized carbons (Fsp3) is 1.00. The molecule has 0 aromatic heterocycles. The number of hydrogen-bond donors (Lipinski definition) is 2. The Kier molecular flexibility index (Phi) is 2.75. The first-order chi connectivity index (χ1) is 5.84. The second-order valence-electron chi connectivity index (χ2n) is 5.54. The molecule has 0 radical (unpaired) electrons. The van der Waals surface area contributed by atoms with Crippen LogP contribution >= 0.6 is 0 Å². The Morgan fingerprint density at radius 3 is 2.00 bits per heavy atom. The summed E-state index contributed by atoms with van der Waals surface area (Å²) in [4.78, 5) is 0. The van der Waals surface area contributed by atoms with Crippen molar-refractivity contribution in [2.75, 3.05) is 13.1 Å². The van der Waals surface area contributed by atoms with Crippen molar-refractivity contribution in [3.05, 3.63) is 0 Å². The van der Waals surface area contributed by atoms with E-state index in [1.165, 1.54) is 0 Å². The molecule has 1 atom stereocenters. The lowest BCUT2D eigenvalue weighted by atomic mass is 10.0. The lowest BCUT2D eigenvalue weighted by Gasteiger charge is -2.11. The molecule has 1 fully saturated rings. The molecule has 0 saturated heterocycles. The summed E-state index contributed by atoms with van der Waals surface area (Å²) in [5, 5.41) is 3.48. The van der Waals surface area contributed by atoms with Gasteiger partial charge in [-0.1, -0.05) is 27.7 Å². The Bertz CT molecular complexity index is 171. The number of nitrogens with one attached hydrogen (secondary N) is 1. The molecule has 0 unspecified atom stereocenters. The van der Waals surface area contributed by atoms with Crippen molar-refractivity contribution in [2.45, 2.75) is 40.7 Å². The van der Waals surface area contributed by atoms with Crippen LogP contribution < -0.4 is 11.1 Å². The van der Waals surface area contributed by atoms with E-state index in [1.54, 1.807) is 0 Å². The maximum absolute atomic E-state index is 5.55. The second-order valence-corrected chi connectivity index (χ2v) is 5.54. The highest BCUT2D eigenvalue weighted by atomic mass is 15.0. The SMILES string of the molecule is C[C@H](CN)NCC1C(C)(C)C1(C)C. The van der Waals surface area contributed by atoms with Crippen molar-refractivity contribution in [3.8, 4) is 0 Å². The van der Waals surface area contributed by atoms with Gasteiger partial charge in [0.1, 0.15) is 0 Å². The van der Waals surface area contributed by atoms with Crippen LogP contribution in [0.2, 0.25) is 0 Å². The smallest absolute Gasteiger partial charge is 0.0162 e. The van der Waals surface area contributed by atoms with Gasteiger partial charge in [-0.05, 0) is 30.2 Å². The van der Waals surface area contributed by atoms with Gasteiger partial charge in [-0.3, -0.25) is 0 Å². The quantitative estimate of drug-likeness (QED) is 0.696. The minimum Gasteiger partial charge on any atom is -0.329 e. The molecule has 0 bridgehead atoms. The predicted octanol–water partition coefficient (Wildman–Crippen LogP) is 1.61. The summed E-state index contributed by atoms with van der Waals surface area (Å²) in [7, 11) is 0. The zero-order valence-corrected chi connectivity index (χ0v) is 9.65. The van der Waals surface area contributed by atoms with E-state index in [-0.39, 0.29) is 0 Å². The predicted molar refractivity (Wildman–Crippen MR) is 57.6 cm³/mol. The molecule has 0 spiro atoms. The molecule has 0 aliphatic heterocycles. The van der Waals surface area contributed by atoms with Crippen LogP contribution in [0.3, 0.4) is 0 Å². The first kappa shape index (κ1) is 11.0. The number of rotatable bonds is 4. The van der Waals surface area contributed by atoms with Gasteiger partial charge in [0.15, 0.2) is 0 Å². The summed E-state index contributed by atoms with van der Waals surface area (Å²) in [5.74, 6) is 0.800. The highest BCUT2D eigenvalue weighted by molar-refractivity contribution is 5.12. The van der Waals surface area contributed by atoms with Gasteiger partial charge in [-0.15, -0.1) is 0 Å². The Balaban J connectivity index is 2.34. The standard InChI is InChI=1S/C11H24N2/c1-8(6-12)13-7-9-10(2,3)11(9,4)5/h8-9,13H,6-7,12H2,1-5H3/t8-/m1/s1. The van der Waals surface area contributed by atoms with Gasteiger partial charge in [-0.2, -0.15) is 0 Å². The van der Waals surface area contributed by atoms with Gasteiger partial charge < -0.3 is 11.1 Å². The summed E-state index contributed by atoms with van der Waals surface area (Å²) < 4.78 is 0.